The van der Waals surface area contributed by atoms with Crippen molar-refractivity contribution in [3.63, 3.8) is 0 Å². The molecule has 0 saturated heterocycles. The van der Waals surface area contributed by atoms with Crippen LogP contribution in [0.4, 0.5) is 0 Å². The van der Waals surface area contributed by atoms with Crippen LogP contribution in [0.3, 0.4) is 0 Å². The van der Waals surface area contributed by atoms with Crippen LogP contribution in [0.5, 0.6) is 0 Å². The topological polar surface area (TPSA) is 59.9 Å². The minimum absolute atomic E-state index is 0.656. The van der Waals surface area contributed by atoms with E-state index in [1.165, 1.54) is 64.3 Å². The molecule has 61 heavy (non-hydrogen) atoms. The zero-order chi connectivity index (χ0) is 40.2. The lowest BCUT2D eigenvalue weighted by Crippen LogP contribution is -2.01. The molecule has 0 atom stereocenters. The Morgan fingerprint density at radius 3 is 1.74 bits per heavy atom. The van der Waals surface area contributed by atoms with Gasteiger partial charge in [0.15, 0.2) is 0 Å². The fourth-order valence-electron chi connectivity index (χ4n) is 10.5. The molecule has 0 spiro atoms. The molecule has 14 rings (SSSR count). The maximum atomic E-state index is 9.68. The number of rotatable bonds is 2. The number of para-hydroxylation sites is 2. The molecule has 0 unspecified atom stereocenters. The maximum absolute atomic E-state index is 9.68. The van der Waals surface area contributed by atoms with Crippen LogP contribution in [-0.4, -0.2) is 9.13 Å². The summed E-state index contributed by atoms with van der Waals surface area (Å²) in [5.41, 5.74) is 16.2. The van der Waals surface area contributed by atoms with Crippen molar-refractivity contribution in [3.05, 3.63) is 168 Å². The molecule has 8 aromatic carbocycles. The van der Waals surface area contributed by atoms with Crippen molar-refractivity contribution in [3.8, 4) is 28.6 Å². The second-order valence-electron chi connectivity index (χ2n) is 17.0. The van der Waals surface area contributed by atoms with Crippen LogP contribution in [0, 0.1) is 11.3 Å². The lowest BCUT2D eigenvalue weighted by Gasteiger charge is -2.15. The van der Waals surface area contributed by atoms with Gasteiger partial charge >= 0.3 is 0 Å². The van der Waals surface area contributed by atoms with Gasteiger partial charge in [-0.1, -0.05) is 73.9 Å². The van der Waals surface area contributed by atoms with Crippen LogP contribution in [0.2, 0.25) is 0 Å². The van der Waals surface area contributed by atoms with Gasteiger partial charge in [-0.05, 0) is 145 Å². The molecule has 0 radical (unpaired) electrons. The molecule has 2 aliphatic rings. The highest BCUT2D eigenvalue weighted by molar-refractivity contribution is 6.13. The van der Waals surface area contributed by atoms with Gasteiger partial charge in [-0.25, -0.2) is 0 Å². The Bertz CT molecular complexity index is 3830. The largest absolute Gasteiger partial charge is 0.456 e. The lowest BCUT2D eigenvalue weighted by molar-refractivity contribution is 0.612. The summed E-state index contributed by atoms with van der Waals surface area (Å²) in [5.74, 6) is 0. The highest BCUT2D eigenvalue weighted by Gasteiger charge is 2.20. The number of benzene rings is 8. The molecule has 5 nitrogen and oxygen atoms in total. The van der Waals surface area contributed by atoms with E-state index in [4.69, 9.17) is 8.83 Å². The van der Waals surface area contributed by atoms with Crippen LogP contribution >= 0.6 is 0 Å². The van der Waals surface area contributed by atoms with Gasteiger partial charge in [-0.3, -0.25) is 0 Å². The Labute approximate surface area is 351 Å². The summed E-state index contributed by atoms with van der Waals surface area (Å²) in [4.78, 5) is 0. The smallest absolute Gasteiger partial charge is 0.135 e. The van der Waals surface area contributed by atoms with Crippen molar-refractivity contribution in [2.75, 3.05) is 0 Å². The molecule has 4 aromatic heterocycles. The third-order valence-corrected chi connectivity index (χ3v) is 13.4. The molecule has 0 amide bonds. The van der Waals surface area contributed by atoms with Gasteiger partial charge in [0, 0.05) is 48.8 Å². The van der Waals surface area contributed by atoms with Crippen LogP contribution in [0.15, 0.2) is 160 Å². The first-order valence-corrected chi connectivity index (χ1v) is 21.6. The van der Waals surface area contributed by atoms with Gasteiger partial charge < -0.3 is 18.0 Å². The second kappa shape index (κ2) is 13.2. The standard InChI is InChI=1S/C56H39N3O2/c57-33-35-17-22-50-43(27-35)40-12-6-8-14-48(40)58(50)39-20-25-55-46(31-39)44-28-36(18-23-53(44)60-55)37-19-24-54-45(29-37)47-32-52-38(30-56(47)61-54)11-5-3-1-2-4-10-34-16-21-51-42(26-34)41-13-7-9-15-49(41)59(51)52/h6-9,12-32H,1-5,10-11H2. The van der Waals surface area contributed by atoms with E-state index in [1.807, 2.05) is 12.1 Å². The summed E-state index contributed by atoms with van der Waals surface area (Å²) in [6.07, 6.45) is 8.34. The normalized spacial score (nSPS) is 13.8. The number of aromatic nitrogens is 2. The fraction of sp³-hybridized carbons (Fsp3) is 0.125. The van der Waals surface area contributed by atoms with E-state index in [-0.39, 0.29) is 0 Å². The molecule has 0 N–H and O–H groups in total. The Morgan fingerprint density at radius 1 is 0.410 bits per heavy atom. The second-order valence-corrected chi connectivity index (χ2v) is 17.0. The molecular weight excluding hydrogens is 747 g/mol. The number of nitriles is 1. The fourth-order valence-corrected chi connectivity index (χ4v) is 10.5. The Morgan fingerprint density at radius 2 is 0.984 bits per heavy atom. The zero-order valence-corrected chi connectivity index (χ0v) is 33.5. The molecule has 2 aliphatic heterocycles. The highest BCUT2D eigenvalue weighted by atomic mass is 16.3. The number of fused-ring (bicyclic) bond motifs is 17. The van der Waals surface area contributed by atoms with Crippen molar-refractivity contribution >= 4 is 87.5 Å². The zero-order valence-electron chi connectivity index (χ0n) is 33.5. The number of furan rings is 2. The van der Waals surface area contributed by atoms with Crippen molar-refractivity contribution in [2.45, 2.75) is 44.9 Å². The van der Waals surface area contributed by atoms with E-state index in [0.29, 0.717) is 5.56 Å². The van der Waals surface area contributed by atoms with Gasteiger partial charge in [0.05, 0.1) is 39.4 Å². The number of aryl methyl sites for hydroxylation is 2. The molecule has 290 valence electrons. The SMILES string of the molecule is N#Cc1ccc2c(c1)c1ccccc1n2-c1ccc2oc3ccc(-c4ccc5oc6cc7c(cc6c5c4)-n4c5ccccc5c5cc(ccc54)CCCCCCC7)cc3c2c1. The lowest BCUT2D eigenvalue weighted by atomic mass is 9.98. The predicted molar refractivity (Wildman–Crippen MR) is 250 cm³/mol. The van der Waals surface area contributed by atoms with Crippen LogP contribution < -0.4 is 0 Å². The van der Waals surface area contributed by atoms with Gasteiger partial charge in [0.2, 0.25) is 0 Å². The average Bonchev–Trinajstić information content (AvgIpc) is 4.04. The molecule has 0 saturated carbocycles. The molecule has 4 bridgehead atoms. The molecular formula is C56H39N3O2. The Hall–Kier alpha value is -7.55. The van der Waals surface area contributed by atoms with Crippen molar-refractivity contribution in [2.24, 2.45) is 0 Å². The predicted octanol–water partition coefficient (Wildman–Crippen LogP) is 15.3. The van der Waals surface area contributed by atoms with Crippen LogP contribution in [-0.2, 0) is 12.8 Å². The Kier molecular flexibility index (Phi) is 7.44. The summed E-state index contributed by atoms with van der Waals surface area (Å²) in [5, 5.41) is 18.9. The van der Waals surface area contributed by atoms with E-state index in [1.54, 1.807) is 0 Å². The van der Waals surface area contributed by atoms with E-state index >= 15 is 0 Å². The summed E-state index contributed by atoms with van der Waals surface area (Å²) < 4.78 is 17.9. The van der Waals surface area contributed by atoms with Gasteiger partial charge in [-0.15, -0.1) is 0 Å². The third kappa shape index (κ3) is 5.25. The van der Waals surface area contributed by atoms with Crippen LogP contribution in [0.1, 0.15) is 48.8 Å². The quantitative estimate of drug-likeness (QED) is 0.175. The number of hydrogen-bond acceptors (Lipinski definition) is 3. The minimum Gasteiger partial charge on any atom is -0.456 e. The molecule has 0 aliphatic carbocycles. The highest BCUT2D eigenvalue weighted by Crippen LogP contribution is 2.41. The van der Waals surface area contributed by atoms with E-state index in [2.05, 4.69) is 155 Å². The van der Waals surface area contributed by atoms with Gasteiger partial charge in [-0.2, -0.15) is 5.26 Å². The van der Waals surface area contributed by atoms with Gasteiger partial charge in [0.1, 0.15) is 22.3 Å². The van der Waals surface area contributed by atoms with Gasteiger partial charge in [0.25, 0.3) is 0 Å². The summed E-state index contributed by atoms with van der Waals surface area (Å²) in [6, 6.07) is 57.0. The minimum atomic E-state index is 0.656. The summed E-state index contributed by atoms with van der Waals surface area (Å²) in [6.45, 7) is 0. The molecule has 0 fully saturated rings. The molecule has 6 heterocycles. The first-order valence-electron chi connectivity index (χ1n) is 21.6. The van der Waals surface area contributed by atoms with E-state index in [9.17, 15) is 5.26 Å². The average molecular weight is 786 g/mol. The maximum Gasteiger partial charge on any atom is 0.135 e. The first-order chi connectivity index (χ1) is 30.2. The summed E-state index contributed by atoms with van der Waals surface area (Å²) >= 11 is 0. The van der Waals surface area contributed by atoms with Crippen molar-refractivity contribution in [1.29, 1.82) is 5.26 Å². The number of nitrogens with zero attached hydrogens (tertiary/aromatic N) is 3. The molecule has 5 heteroatoms. The monoisotopic (exact) mass is 785 g/mol. The molecule has 12 aromatic rings. The van der Waals surface area contributed by atoms with Crippen molar-refractivity contribution < 1.29 is 8.83 Å². The Balaban J connectivity index is 0.969. The summed E-state index contributed by atoms with van der Waals surface area (Å²) in [7, 11) is 0. The van der Waals surface area contributed by atoms with Crippen LogP contribution in [0.25, 0.3) is 110 Å². The van der Waals surface area contributed by atoms with E-state index < -0.39 is 0 Å². The van der Waals surface area contributed by atoms with Crippen molar-refractivity contribution in [1.82, 2.24) is 9.13 Å². The third-order valence-electron chi connectivity index (χ3n) is 13.4. The number of hydrogen-bond donors (Lipinski definition) is 0. The van der Waals surface area contributed by atoms with E-state index in [0.717, 1.165) is 102 Å². The first kappa shape index (κ1) is 34.3.